The van der Waals surface area contributed by atoms with Crippen molar-refractivity contribution in [3.05, 3.63) is 199 Å². The van der Waals surface area contributed by atoms with Gasteiger partial charge in [-0.05, 0) is 122 Å². The van der Waals surface area contributed by atoms with Crippen molar-refractivity contribution in [2.24, 2.45) is 0 Å². The van der Waals surface area contributed by atoms with E-state index in [4.69, 9.17) is 0 Å². The van der Waals surface area contributed by atoms with Gasteiger partial charge in [-0.3, -0.25) is 0 Å². The number of nitrogens with zero attached hydrogens (tertiary/aromatic N) is 1. The molecule has 9 aromatic carbocycles. The van der Waals surface area contributed by atoms with Gasteiger partial charge >= 0.3 is 0 Å². The van der Waals surface area contributed by atoms with E-state index in [-0.39, 0.29) is 0 Å². The minimum absolute atomic E-state index is 1.12. The monoisotopic (exact) mass is 651 g/mol. The van der Waals surface area contributed by atoms with Gasteiger partial charge in [0.25, 0.3) is 0 Å². The quantitative estimate of drug-likeness (QED) is 0.162. The first-order valence-corrected chi connectivity index (χ1v) is 17.7. The van der Waals surface area contributed by atoms with Crippen LogP contribution in [0, 0.1) is 13.8 Å². The standard InChI is InChI=1S/C50H37N/c1-34-21-25-36(26-22-34)46-33-47(37-29-31-41(32-30-37)51(39-13-5-3-6-14-39)40-15-7-4-8-16-40)49-44-19-11-9-17-42(44)43-18-10-12-20-45(43)50(49)48(46)38-27-23-35(2)24-28-38/h3-33H,1-2H3. The van der Waals surface area contributed by atoms with Crippen molar-refractivity contribution < 1.29 is 0 Å². The lowest BCUT2D eigenvalue weighted by molar-refractivity contribution is 1.28. The Hall–Kier alpha value is -6.44. The van der Waals surface area contributed by atoms with Gasteiger partial charge in [-0.15, -0.1) is 0 Å². The highest BCUT2D eigenvalue weighted by atomic mass is 15.1. The molecule has 1 heteroatoms. The Morgan fingerprint density at radius 3 is 1.24 bits per heavy atom. The maximum Gasteiger partial charge on any atom is 0.0462 e. The van der Waals surface area contributed by atoms with E-state index in [1.165, 1.54) is 76.8 Å². The van der Waals surface area contributed by atoms with Crippen LogP contribution in [0.25, 0.3) is 65.7 Å². The molecule has 0 aliphatic rings. The van der Waals surface area contributed by atoms with Gasteiger partial charge in [0.2, 0.25) is 0 Å². The zero-order chi connectivity index (χ0) is 34.3. The van der Waals surface area contributed by atoms with Crippen LogP contribution in [0.5, 0.6) is 0 Å². The van der Waals surface area contributed by atoms with Crippen molar-refractivity contribution in [1.82, 2.24) is 0 Å². The van der Waals surface area contributed by atoms with E-state index in [0.717, 1.165) is 17.1 Å². The lowest BCUT2D eigenvalue weighted by atomic mass is 9.81. The first kappa shape index (κ1) is 30.6. The molecule has 0 atom stereocenters. The first-order chi connectivity index (χ1) is 25.1. The maximum absolute atomic E-state index is 2.45. The molecule has 0 saturated carbocycles. The largest absolute Gasteiger partial charge is 0.311 e. The van der Waals surface area contributed by atoms with Gasteiger partial charge in [0, 0.05) is 17.1 Å². The lowest BCUT2D eigenvalue weighted by Gasteiger charge is -2.26. The smallest absolute Gasteiger partial charge is 0.0462 e. The Morgan fingerprint density at radius 2 is 0.706 bits per heavy atom. The molecular formula is C50H37N. The second kappa shape index (κ2) is 12.8. The van der Waals surface area contributed by atoms with Crippen molar-refractivity contribution in [3.8, 4) is 33.4 Å². The van der Waals surface area contributed by atoms with Gasteiger partial charge in [-0.2, -0.15) is 0 Å². The van der Waals surface area contributed by atoms with Crippen LogP contribution in [-0.2, 0) is 0 Å². The fourth-order valence-corrected chi connectivity index (χ4v) is 7.70. The highest BCUT2D eigenvalue weighted by molar-refractivity contribution is 6.32. The van der Waals surface area contributed by atoms with E-state index < -0.39 is 0 Å². The summed E-state index contributed by atoms with van der Waals surface area (Å²) >= 11 is 0. The molecule has 0 heterocycles. The summed E-state index contributed by atoms with van der Waals surface area (Å²) in [5.74, 6) is 0. The molecule has 0 aliphatic heterocycles. The van der Waals surface area contributed by atoms with Crippen LogP contribution in [-0.4, -0.2) is 0 Å². The highest BCUT2D eigenvalue weighted by Crippen LogP contribution is 2.49. The Morgan fingerprint density at radius 1 is 0.314 bits per heavy atom. The van der Waals surface area contributed by atoms with E-state index in [1.54, 1.807) is 0 Å². The molecule has 9 aromatic rings. The number of anilines is 3. The molecule has 0 spiro atoms. The van der Waals surface area contributed by atoms with Gasteiger partial charge < -0.3 is 4.90 Å². The third-order valence-corrected chi connectivity index (χ3v) is 10.2. The number of aryl methyl sites for hydroxylation is 2. The van der Waals surface area contributed by atoms with E-state index in [9.17, 15) is 0 Å². The summed E-state index contributed by atoms with van der Waals surface area (Å²) in [5.41, 5.74) is 13.3. The average Bonchev–Trinajstić information content (AvgIpc) is 3.19. The van der Waals surface area contributed by atoms with Crippen LogP contribution in [0.2, 0.25) is 0 Å². The second-order valence-corrected chi connectivity index (χ2v) is 13.5. The number of benzene rings is 9. The fourth-order valence-electron chi connectivity index (χ4n) is 7.70. The molecule has 0 unspecified atom stereocenters. The van der Waals surface area contributed by atoms with Crippen LogP contribution in [0.15, 0.2) is 188 Å². The summed E-state index contributed by atoms with van der Waals surface area (Å²) in [5, 5.41) is 7.66. The molecular weight excluding hydrogens is 615 g/mol. The highest BCUT2D eigenvalue weighted by Gasteiger charge is 2.22. The second-order valence-electron chi connectivity index (χ2n) is 13.5. The molecule has 0 saturated heterocycles. The van der Waals surface area contributed by atoms with Crippen molar-refractivity contribution in [2.45, 2.75) is 13.8 Å². The summed E-state index contributed by atoms with van der Waals surface area (Å²) in [4.78, 5) is 2.32. The molecule has 0 N–H and O–H groups in total. The molecule has 1 nitrogen and oxygen atoms in total. The van der Waals surface area contributed by atoms with Gasteiger partial charge in [-0.25, -0.2) is 0 Å². The number of fused-ring (bicyclic) bond motifs is 6. The summed E-state index contributed by atoms with van der Waals surface area (Å²) in [7, 11) is 0. The summed E-state index contributed by atoms with van der Waals surface area (Å²) in [6.45, 7) is 4.32. The molecule has 0 amide bonds. The topological polar surface area (TPSA) is 3.24 Å². The first-order valence-electron chi connectivity index (χ1n) is 17.7. The van der Waals surface area contributed by atoms with Gasteiger partial charge in [-0.1, -0.05) is 157 Å². The van der Waals surface area contributed by atoms with E-state index in [1.807, 2.05) is 0 Å². The fraction of sp³-hybridized carbons (Fsp3) is 0.0400. The van der Waals surface area contributed by atoms with Crippen molar-refractivity contribution in [2.75, 3.05) is 4.90 Å². The summed E-state index contributed by atoms with van der Waals surface area (Å²) < 4.78 is 0. The number of rotatable bonds is 6. The Labute approximate surface area is 299 Å². The molecule has 0 aromatic heterocycles. The van der Waals surface area contributed by atoms with E-state index >= 15 is 0 Å². The molecule has 51 heavy (non-hydrogen) atoms. The predicted molar refractivity (Wildman–Crippen MR) is 219 cm³/mol. The zero-order valence-electron chi connectivity index (χ0n) is 28.8. The van der Waals surface area contributed by atoms with Crippen LogP contribution in [0.4, 0.5) is 17.1 Å². The van der Waals surface area contributed by atoms with Crippen molar-refractivity contribution >= 4 is 49.4 Å². The number of hydrogen-bond acceptors (Lipinski definition) is 1. The van der Waals surface area contributed by atoms with Crippen LogP contribution in [0.3, 0.4) is 0 Å². The van der Waals surface area contributed by atoms with Crippen LogP contribution >= 0.6 is 0 Å². The third-order valence-electron chi connectivity index (χ3n) is 10.2. The minimum atomic E-state index is 1.12. The summed E-state index contributed by atoms with van der Waals surface area (Å²) in [6, 6.07) is 68.8. The molecule has 0 radical (unpaired) electrons. The summed E-state index contributed by atoms with van der Waals surface area (Å²) in [6.07, 6.45) is 0. The zero-order valence-corrected chi connectivity index (χ0v) is 28.8. The molecule has 242 valence electrons. The normalized spacial score (nSPS) is 11.3. The number of para-hydroxylation sites is 2. The minimum Gasteiger partial charge on any atom is -0.311 e. The molecule has 9 rings (SSSR count). The molecule has 0 bridgehead atoms. The van der Waals surface area contributed by atoms with E-state index in [2.05, 4.69) is 207 Å². The third kappa shape index (κ3) is 5.44. The van der Waals surface area contributed by atoms with Gasteiger partial charge in [0.1, 0.15) is 0 Å². The predicted octanol–water partition coefficient (Wildman–Crippen LogP) is 14.2. The Kier molecular flexibility index (Phi) is 7.67. The maximum atomic E-state index is 2.45. The van der Waals surface area contributed by atoms with Crippen LogP contribution < -0.4 is 4.90 Å². The van der Waals surface area contributed by atoms with Crippen molar-refractivity contribution in [1.29, 1.82) is 0 Å². The van der Waals surface area contributed by atoms with E-state index in [0.29, 0.717) is 0 Å². The number of hydrogen-bond donors (Lipinski definition) is 0. The SMILES string of the molecule is Cc1ccc(-c2cc(-c3ccc(N(c4ccccc4)c4ccccc4)cc3)c3c4ccccc4c4ccccc4c3c2-c2ccc(C)cc2)cc1. The molecule has 0 aliphatic carbocycles. The average molecular weight is 652 g/mol. The lowest BCUT2D eigenvalue weighted by Crippen LogP contribution is -2.09. The van der Waals surface area contributed by atoms with Gasteiger partial charge in [0.15, 0.2) is 0 Å². The van der Waals surface area contributed by atoms with Gasteiger partial charge in [0.05, 0.1) is 0 Å². The Bertz CT molecular complexity index is 2620. The Balaban J connectivity index is 1.37. The molecule has 0 fully saturated rings. The van der Waals surface area contributed by atoms with Crippen LogP contribution in [0.1, 0.15) is 11.1 Å². The van der Waals surface area contributed by atoms with Crippen molar-refractivity contribution in [3.63, 3.8) is 0 Å².